The molecule has 0 saturated heterocycles. The molecule has 0 bridgehead atoms. The van der Waals surface area contributed by atoms with E-state index in [1.54, 1.807) is 12.1 Å². The molecule has 14 heavy (non-hydrogen) atoms. The van der Waals surface area contributed by atoms with Crippen LogP contribution in [0.25, 0.3) is 0 Å². The zero-order valence-corrected chi connectivity index (χ0v) is 8.34. The lowest BCUT2D eigenvalue weighted by Crippen LogP contribution is -2.12. The Kier molecular flexibility index (Phi) is 4.03. The predicted molar refractivity (Wildman–Crippen MR) is 58.3 cm³/mol. The third kappa shape index (κ3) is 2.79. The maximum absolute atomic E-state index is 11.2. The number of anilines is 1. The van der Waals surface area contributed by atoms with Gasteiger partial charge in [0.15, 0.2) is 0 Å². The van der Waals surface area contributed by atoms with Crippen LogP contribution in [-0.4, -0.2) is 11.8 Å². The number of hydrogen-bond acceptors (Lipinski definition) is 1. The van der Waals surface area contributed by atoms with Crippen molar-refractivity contribution in [1.82, 2.24) is 0 Å². The van der Waals surface area contributed by atoms with Gasteiger partial charge in [-0.3, -0.25) is 4.79 Å². The van der Waals surface area contributed by atoms with Crippen LogP contribution in [0.2, 0.25) is 0 Å². The second kappa shape index (κ2) is 5.31. The molecule has 3 heteroatoms. The molecule has 0 atom stereocenters. The Bertz CT molecular complexity index is 368. The Morgan fingerprint density at radius 3 is 2.86 bits per heavy atom. The van der Waals surface area contributed by atoms with Gasteiger partial charge in [-0.2, -0.15) is 0 Å². The van der Waals surface area contributed by atoms with Gasteiger partial charge in [-0.15, -0.1) is 18.0 Å². The quantitative estimate of drug-likeness (QED) is 0.598. The topological polar surface area (TPSA) is 29.1 Å². The lowest BCUT2D eigenvalue weighted by Gasteiger charge is -2.05. The van der Waals surface area contributed by atoms with Crippen molar-refractivity contribution < 1.29 is 4.79 Å². The summed E-state index contributed by atoms with van der Waals surface area (Å²) >= 11 is 5.44. The molecule has 1 rings (SSSR count). The summed E-state index contributed by atoms with van der Waals surface area (Å²) in [5, 5.41) is 2.70. The van der Waals surface area contributed by atoms with Gasteiger partial charge in [-0.05, 0) is 12.1 Å². The zero-order valence-electron chi connectivity index (χ0n) is 7.59. The molecule has 0 aliphatic heterocycles. The Morgan fingerprint density at radius 1 is 1.50 bits per heavy atom. The molecule has 0 unspecified atom stereocenters. The third-order valence-corrected chi connectivity index (χ3v) is 1.87. The molecule has 2 nitrogen and oxygen atoms in total. The van der Waals surface area contributed by atoms with E-state index in [4.69, 9.17) is 18.0 Å². The summed E-state index contributed by atoms with van der Waals surface area (Å²) in [5.74, 6) is 2.68. The second-order valence-electron chi connectivity index (χ2n) is 2.68. The molecule has 1 amide bonds. The molecule has 0 spiro atoms. The maximum Gasteiger partial charge on any atom is 0.225 e. The van der Waals surface area contributed by atoms with E-state index < -0.39 is 0 Å². The Labute approximate surface area is 88.3 Å². The van der Waals surface area contributed by atoms with Crippen LogP contribution in [-0.2, 0) is 4.79 Å². The number of carbonyl (C=O) groups is 1. The minimum atomic E-state index is -0.122. The van der Waals surface area contributed by atoms with Crippen LogP contribution in [0.15, 0.2) is 24.3 Å². The highest BCUT2D eigenvalue weighted by atomic mass is 35.5. The smallest absolute Gasteiger partial charge is 0.225 e. The SMILES string of the molecule is C#Cc1ccccc1NC(=O)CCCl. The molecule has 0 fully saturated rings. The molecule has 0 aromatic heterocycles. The molecule has 0 radical (unpaired) electrons. The minimum Gasteiger partial charge on any atom is -0.325 e. The van der Waals surface area contributed by atoms with Gasteiger partial charge in [0.2, 0.25) is 5.91 Å². The van der Waals surface area contributed by atoms with Gasteiger partial charge in [-0.1, -0.05) is 18.1 Å². The maximum atomic E-state index is 11.2. The van der Waals surface area contributed by atoms with Crippen LogP contribution in [0.3, 0.4) is 0 Å². The van der Waals surface area contributed by atoms with Crippen molar-refractivity contribution in [3.05, 3.63) is 29.8 Å². The van der Waals surface area contributed by atoms with Crippen LogP contribution in [0.5, 0.6) is 0 Å². The Hall–Kier alpha value is -1.46. The summed E-state index contributed by atoms with van der Waals surface area (Å²) in [5.41, 5.74) is 1.33. The van der Waals surface area contributed by atoms with Crippen LogP contribution in [0, 0.1) is 12.3 Å². The van der Waals surface area contributed by atoms with Gasteiger partial charge in [0.1, 0.15) is 0 Å². The molecule has 1 N–H and O–H groups in total. The first-order valence-corrected chi connectivity index (χ1v) is 4.73. The summed E-state index contributed by atoms with van der Waals surface area (Å²) in [7, 11) is 0. The fraction of sp³-hybridized carbons (Fsp3) is 0.182. The fourth-order valence-corrected chi connectivity index (χ4v) is 1.19. The number of nitrogens with one attached hydrogen (secondary N) is 1. The largest absolute Gasteiger partial charge is 0.325 e. The Balaban J connectivity index is 2.77. The van der Waals surface area contributed by atoms with Crippen molar-refractivity contribution in [3.63, 3.8) is 0 Å². The summed E-state index contributed by atoms with van der Waals surface area (Å²) in [6.45, 7) is 0. The van der Waals surface area contributed by atoms with Crippen LogP contribution in [0.1, 0.15) is 12.0 Å². The van der Waals surface area contributed by atoms with Crippen LogP contribution < -0.4 is 5.32 Å². The highest BCUT2D eigenvalue weighted by Gasteiger charge is 2.03. The number of carbonyl (C=O) groups excluding carboxylic acids is 1. The van der Waals surface area contributed by atoms with Gasteiger partial charge in [0.25, 0.3) is 0 Å². The van der Waals surface area contributed by atoms with E-state index in [2.05, 4.69) is 11.2 Å². The first-order chi connectivity index (χ1) is 6.77. The first kappa shape index (κ1) is 10.6. The molecule has 0 aliphatic rings. The first-order valence-electron chi connectivity index (χ1n) is 4.19. The number of rotatable bonds is 3. The number of halogens is 1. The van der Waals surface area contributed by atoms with Gasteiger partial charge in [0, 0.05) is 17.9 Å². The zero-order chi connectivity index (χ0) is 10.4. The average molecular weight is 208 g/mol. The lowest BCUT2D eigenvalue weighted by molar-refractivity contribution is -0.115. The van der Waals surface area contributed by atoms with E-state index in [9.17, 15) is 4.79 Å². The number of benzene rings is 1. The molecule has 72 valence electrons. The normalized spacial score (nSPS) is 9.14. The molecular weight excluding hydrogens is 198 g/mol. The van der Waals surface area contributed by atoms with Gasteiger partial charge < -0.3 is 5.32 Å². The highest BCUT2D eigenvalue weighted by Crippen LogP contribution is 2.13. The number of terminal acetylenes is 1. The molecule has 0 saturated carbocycles. The summed E-state index contributed by atoms with van der Waals surface area (Å²) in [6.07, 6.45) is 5.57. The summed E-state index contributed by atoms with van der Waals surface area (Å²) in [4.78, 5) is 11.2. The van der Waals surface area contributed by atoms with E-state index in [1.807, 2.05) is 12.1 Å². The number of hydrogen-bond donors (Lipinski definition) is 1. The number of alkyl halides is 1. The van der Waals surface area contributed by atoms with Gasteiger partial charge in [0.05, 0.1) is 5.69 Å². The van der Waals surface area contributed by atoms with Crippen LogP contribution in [0.4, 0.5) is 5.69 Å². The van der Waals surface area contributed by atoms with E-state index in [0.717, 1.165) is 0 Å². The lowest BCUT2D eigenvalue weighted by atomic mass is 10.2. The molecular formula is C11H10ClNO. The standard InChI is InChI=1S/C11H10ClNO/c1-2-9-5-3-4-6-10(9)13-11(14)7-8-12/h1,3-6H,7-8H2,(H,13,14). The van der Waals surface area contributed by atoms with Crippen molar-refractivity contribution in [2.75, 3.05) is 11.2 Å². The molecule has 0 aliphatic carbocycles. The minimum absolute atomic E-state index is 0.122. The van der Waals surface area contributed by atoms with Crippen LogP contribution >= 0.6 is 11.6 Å². The summed E-state index contributed by atoms with van der Waals surface area (Å²) in [6, 6.07) is 7.18. The predicted octanol–water partition coefficient (Wildman–Crippen LogP) is 2.24. The number of para-hydroxylation sites is 1. The monoisotopic (exact) mass is 207 g/mol. The highest BCUT2D eigenvalue weighted by molar-refractivity contribution is 6.19. The van der Waals surface area contributed by atoms with Crippen molar-refractivity contribution in [1.29, 1.82) is 0 Å². The molecule has 1 aromatic carbocycles. The number of amides is 1. The summed E-state index contributed by atoms with van der Waals surface area (Å²) < 4.78 is 0. The Morgan fingerprint density at radius 2 is 2.21 bits per heavy atom. The van der Waals surface area contributed by atoms with Crippen molar-refractivity contribution in [3.8, 4) is 12.3 Å². The van der Waals surface area contributed by atoms with Crippen molar-refractivity contribution in [2.45, 2.75) is 6.42 Å². The fourth-order valence-electron chi connectivity index (χ4n) is 1.02. The average Bonchev–Trinajstić information content (AvgIpc) is 2.19. The molecule has 0 heterocycles. The van der Waals surface area contributed by atoms with Crippen molar-refractivity contribution >= 4 is 23.2 Å². The van der Waals surface area contributed by atoms with E-state index in [1.165, 1.54) is 0 Å². The van der Waals surface area contributed by atoms with E-state index >= 15 is 0 Å². The molecule has 1 aromatic rings. The van der Waals surface area contributed by atoms with E-state index in [-0.39, 0.29) is 5.91 Å². The van der Waals surface area contributed by atoms with Crippen molar-refractivity contribution in [2.24, 2.45) is 0 Å². The van der Waals surface area contributed by atoms with E-state index in [0.29, 0.717) is 23.6 Å². The third-order valence-electron chi connectivity index (χ3n) is 1.68. The second-order valence-corrected chi connectivity index (χ2v) is 3.06. The van der Waals surface area contributed by atoms with Gasteiger partial charge in [-0.25, -0.2) is 0 Å². The van der Waals surface area contributed by atoms with Gasteiger partial charge >= 0.3 is 0 Å².